The van der Waals surface area contributed by atoms with Crippen LogP contribution in [0.3, 0.4) is 0 Å². The van der Waals surface area contributed by atoms with Crippen molar-refractivity contribution in [3.63, 3.8) is 0 Å². The number of H-pyrrole nitrogens is 1. The zero-order valence-electron chi connectivity index (χ0n) is 8.03. The quantitative estimate of drug-likeness (QED) is 0.778. The van der Waals surface area contributed by atoms with Crippen molar-refractivity contribution < 1.29 is 0 Å². The molecule has 2 aromatic rings. The fraction of sp³-hybridized carbons (Fsp3) is 0.250. The summed E-state index contributed by atoms with van der Waals surface area (Å²) in [5, 5.41) is 0. The first kappa shape index (κ1) is 9.00. The molecule has 1 heterocycles. The molecule has 1 aromatic heterocycles. The molecule has 1 aromatic carbocycles. The Kier molecular flexibility index (Phi) is 2.96. The van der Waals surface area contributed by atoms with E-state index in [1.807, 2.05) is 18.3 Å². The fourth-order valence-electron chi connectivity index (χ4n) is 1.48. The van der Waals surface area contributed by atoms with Gasteiger partial charge in [0.15, 0.2) is 0 Å². The highest BCUT2D eigenvalue weighted by molar-refractivity contribution is 5.13. The average Bonchev–Trinajstić information content (AvgIpc) is 2.72. The molecule has 0 bridgehead atoms. The maximum atomic E-state index is 4.19. The number of aryl methyl sites for hydroxylation is 2. The van der Waals surface area contributed by atoms with Crippen LogP contribution < -0.4 is 0 Å². The summed E-state index contributed by atoms with van der Waals surface area (Å²) in [4.78, 5) is 7.29. The Morgan fingerprint density at radius 1 is 1.21 bits per heavy atom. The normalized spacial score (nSPS) is 10.3. The molecule has 2 nitrogen and oxygen atoms in total. The molecule has 71 valence electrons. The summed E-state index contributed by atoms with van der Waals surface area (Å²) in [7, 11) is 0. The molecule has 0 saturated heterocycles. The van der Waals surface area contributed by atoms with Crippen LogP contribution in [0, 0.1) is 6.07 Å². The van der Waals surface area contributed by atoms with Crippen molar-refractivity contribution in [3.8, 4) is 0 Å². The van der Waals surface area contributed by atoms with Crippen molar-refractivity contribution in [2.45, 2.75) is 19.3 Å². The summed E-state index contributed by atoms with van der Waals surface area (Å²) >= 11 is 0. The number of benzene rings is 1. The lowest BCUT2D eigenvalue weighted by molar-refractivity contribution is 0.783. The van der Waals surface area contributed by atoms with Gasteiger partial charge in [-0.1, -0.05) is 24.3 Å². The Labute approximate surface area is 84.0 Å². The van der Waals surface area contributed by atoms with Crippen molar-refractivity contribution >= 4 is 0 Å². The maximum Gasteiger partial charge on any atom is 0.106 e. The van der Waals surface area contributed by atoms with E-state index >= 15 is 0 Å². The van der Waals surface area contributed by atoms with E-state index in [4.69, 9.17) is 0 Å². The molecule has 1 N–H and O–H groups in total. The number of aromatic nitrogens is 2. The zero-order valence-corrected chi connectivity index (χ0v) is 8.03. The van der Waals surface area contributed by atoms with E-state index in [2.05, 4.69) is 28.2 Å². The van der Waals surface area contributed by atoms with Crippen LogP contribution >= 0.6 is 0 Å². The minimum atomic E-state index is 1.02. The molecule has 2 rings (SSSR count). The molecule has 14 heavy (non-hydrogen) atoms. The van der Waals surface area contributed by atoms with Crippen LogP contribution in [-0.2, 0) is 12.8 Å². The van der Waals surface area contributed by atoms with E-state index in [-0.39, 0.29) is 0 Å². The summed E-state index contributed by atoms with van der Waals surface area (Å²) < 4.78 is 0. The highest BCUT2D eigenvalue weighted by atomic mass is 14.9. The van der Waals surface area contributed by atoms with Gasteiger partial charge in [0.2, 0.25) is 0 Å². The molecule has 0 fully saturated rings. The Morgan fingerprint density at radius 2 is 2.07 bits per heavy atom. The van der Waals surface area contributed by atoms with E-state index in [0.717, 1.165) is 25.1 Å². The van der Waals surface area contributed by atoms with Gasteiger partial charge >= 0.3 is 0 Å². The van der Waals surface area contributed by atoms with Gasteiger partial charge < -0.3 is 4.98 Å². The Balaban J connectivity index is 1.79. The van der Waals surface area contributed by atoms with E-state index < -0.39 is 0 Å². The van der Waals surface area contributed by atoms with Crippen LogP contribution in [-0.4, -0.2) is 9.97 Å². The fourth-order valence-corrected chi connectivity index (χ4v) is 1.48. The van der Waals surface area contributed by atoms with Gasteiger partial charge in [0.1, 0.15) is 5.82 Å². The van der Waals surface area contributed by atoms with E-state index in [1.54, 1.807) is 6.20 Å². The summed E-state index contributed by atoms with van der Waals surface area (Å²) in [5.74, 6) is 1.08. The van der Waals surface area contributed by atoms with Crippen LogP contribution in [0.25, 0.3) is 0 Å². The predicted molar refractivity (Wildman–Crippen MR) is 55.9 cm³/mol. The largest absolute Gasteiger partial charge is 0.349 e. The summed E-state index contributed by atoms with van der Waals surface area (Å²) in [6.07, 6.45) is 6.93. The number of rotatable bonds is 4. The number of nitrogens with one attached hydrogen (secondary N) is 1. The van der Waals surface area contributed by atoms with E-state index in [1.165, 1.54) is 5.56 Å². The molecule has 0 amide bonds. The summed E-state index contributed by atoms with van der Waals surface area (Å²) in [6, 6.07) is 11.2. The minimum absolute atomic E-state index is 1.02. The van der Waals surface area contributed by atoms with Crippen molar-refractivity contribution in [1.82, 2.24) is 9.97 Å². The molecule has 1 radical (unpaired) electrons. The third kappa shape index (κ3) is 2.46. The summed E-state index contributed by atoms with van der Waals surface area (Å²) in [5.41, 5.74) is 1.37. The molecule has 0 aliphatic heterocycles. The van der Waals surface area contributed by atoms with Gasteiger partial charge in [-0.25, -0.2) is 4.98 Å². The zero-order chi connectivity index (χ0) is 9.64. The predicted octanol–water partition coefficient (Wildman–Crippen LogP) is 2.39. The van der Waals surface area contributed by atoms with Gasteiger partial charge in [-0.3, -0.25) is 0 Å². The maximum absolute atomic E-state index is 4.19. The summed E-state index contributed by atoms with van der Waals surface area (Å²) in [6.45, 7) is 0. The average molecular weight is 185 g/mol. The van der Waals surface area contributed by atoms with E-state index in [9.17, 15) is 0 Å². The van der Waals surface area contributed by atoms with Crippen LogP contribution in [0.15, 0.2) is 36.7 Å². The second-order valence-corrected chi connectivity index (χ2v) is 3.30. The van der Waals surface area contributed by atoms with Crippen LogP contribution in [0.4, 0.5) is 0 Å². The molecular formula is C12H13N2. The Morgan fingerprint density at radius 3 is 2.79 bits per heavy atom. The van der Waals surface area contributed by atoms with Gasteiger partial charge in [-0.2, -0.15) is 0 Å². The first-order valence-electron chi connectivity index (χ1n) is 4.88. The lowest BCUT2D eigenvalue weighted by Crippen LogP contribution is -1.91. The number of hydrogen-bond acceptors (Lipinski definition) is 1. The standard InChI is InChI=1S/C12H13N2/c1-2-5-11(6-3-1)7-4-8-12-13-9-10-14-12/h2-3,5-6,9-10H,4,7-8H2,(H,13,14). The van der Waals surface area contributed by atoms with Crippen LogP contribution in [0.1, 0.15) is 17.8 Å². The second-order valence-electron chi connectivity index (χ2n) is 3.30. The molecular weight excluding hydrogens is 172 g/mol. The highest BCUT2D eigenvalue weighted by Crippen LogP contribution is 2.04. The van der Waals surface area contributed by atoms with Crippen LogP contribution in [0.2, 0.25) is 0 Å². The SMILES string of the molecule is [c]1ccc(CCCc2ncc[nH]2)cc1. The number of aromatic amines is 1. The molecule has 0 atom stereocenters. The van der Waals surface area contributed by atoms with Gasteiger partial charge in [0.05, 0.1) is 0 Å². The number of nitrogens with zero attached hydrogens (tertiary/aromatic N) is 1. The monoisotopic (exact) mass is 185 g/mol. The lowest BCUT2D eigenvalue weighted by atomic mass is 10.1. The molecule has 0 saturated carbocycles. The molecule has 0 aliphatic rings. The first-order valence-corrected chi connectivity index (χ1v) is 4.88. The lowest BCUT2D eigenvalue weighted by Gasteiger charge is -1.98. The number of hydrogen-bond donors (Lipinski definition) is 1. The van der Waals surface area contributed by atoms with Crippen molar-refractivity contribution in [3.05, 3.63) is 54.1 Å². The molecule has 0 unspecified atom stereocenters. The van der Waals surface area contributed by atoms with Gasteiger partial charge in [0.25, 0.3) is 0 Å². The second kappa shape index (κ2) is 4.61. The smallest absolute Gasteiger partial charge is 0.106 e. The topological polar surface area (TPSA) is 28.7 Å². The van der Waals surface area contributed by atoms with E-state index in [0.29, 0.717) is 0 Å². The first-order chi connectivity index (χ1) is 6.95. The Hall–Kier alpha value is -1.57. The van der Waals surface area contributed by atoms with Gasteiger partial charge in [-0.05, 0) is 24.5 Å². The molecule has 2 heteroatoms. The van der Waals surface area contributed by atoms with Gasteiger partial charge in [-0.15, -0.1) is 0 Å². The highest BCUT2D eigenvalue weighted by Gasteiger charge is 1.95. The Bertz CT molecular complexity index is 351. The van der Waals surface area contributed by atoms with Crippen LogP contribution in [0.5, 0.6) is 0 Å². The number of imidazole rings is 1. The van der Waals surface area contributed by atoms with Gasteiger partial charge in [0, 0.05) is 18.8 Å². The van der Waals surface area contributed by atoms with Crippen molar-refractivity contribution in [1.29, 1.82) is 0 Å². The molecule has 0 aliphatic carbocycles. The van der Waals surface area contributed by atoms with Crippen molar-refractivity contribution in [2.75, 3.05) is 0 Å². The third-order valence-electron chi connectivity index (χ3n) is 2.22. The third-order valence-corrected chi connectivity index (χ3v) is 2.22. The molecule has 0 spiro atoms. The van der Waals surface area contributed by atoms with Crippen molar-refractivity contribution in [2.24, 2.45) is 0 Å². The minimum Gasteiger partial charge on any atom is -0.349 e.